The largest absolute Gasteiger partial charge is 0.494 e. The average Bonchev–Trinajstić information content (AvgIpc) is 2.63. The van der Waals surface area contributed by atoms with E-state index in [0.717, 1.165) is 19.3 Å². The fourth-order valence-corrected chi connectivity index (χ4v) is 2.94. The molecule has 1 fully saturated rings. The molecule has 1 amide bonds. The summed E-state index contributed by atoms with van der Waals surface area (Å²) in [6, 6.07) is 5.12. The van der Waals surface area contributed by atoms with Gasteiger partial charge in [-0.3, -0.25) is 4.79 Å². The van der Waals surface area contributed by atoms with E-state index >= 15 is 0 Å². The van der Waals surface area contributed by atoms with Gasteiger partial charge in [0.25, 0.3) is 5.91 Å². The van der Waals surface area contributed by atoms with E-state index in [2.05, 4.69) is 5.32 Å². The smallest absolute Gasteiger partial charge is 0.338 e. The highest BCUT2D eigenvalue weighted by Gasteiger charge is 2.38. The Bertz CT molecular complexity index is 624. The zero-order chi connectivity index (χ0) is 19.0. The van der Waals surface area contributed by atoms with Gasteiger partial charge in [0.15, 0.2) is 12.2 Å². The maximum absolute atomic E-state index is 12.2. The highest BCUT2D eigenvalue weighted by atomic mass is 16.6. The van der Waals surface area contributed by atoms with Gasteiger partial charge in [0.1, 0.15) is 11.5 Å². The molecule has 2 rings (SSSR count). The third kappa shape index (κ3) is 5.36. The number of carbonyl (C=O) groups excluding carboxylic acids is 2. The highest BCUT2D eigenvalue weighted by Crippen LogP contribution is 2.30. The maximum Gasteiger partial charge on any atom is 0.338 e. The Kier molecular flexibility index (Phi) is 7.26. The van der Waals surface area contributed by atoms with Crippen molar-refractivity contribution in [1.82, 2.24) is 0 Å². The quantitative estimate of drug-likeness (QED) is 0.688. The van der Waals surface area contributed by atoms with Gasteiger partial charge in [-0.2, -0.15) is 0 Å². The Labute approximate surface area is 153 Å². The predicted molar refractivity (Wildman–Crippen MR) is 96.4 cm³/mol. The van der Waals surface area contributed by atoms with Gasteiger partial charge >= 0.3 is 5.97 Å². The van der Waals surface area contributed by atoms with Crippen LogP contribution in [0.1, 0.15) is 46.0 Å². The van der Waals surface area contributed by atoms with Crippen molar-refractivity contribution < 1.29 is 28.9 Å². The third-order valence-corrected chi connectivity index (χ3v) is 4.23. The lowest BCUT2D eigenvalue weighted by Gasteiger charge is -2.29. The molecule has 0 heterocycles. The van der Waals surface area contributed by atoms with E-state index in [1.54, 1.807) is 18.2 Å². The summed E-state index contributed by atoms with van der Waals surface area (Å²) in [4.78, 5) is 24.3. The summed E-state index contributed by atoms with van der Waals surface area (Å²) in [6.45, 7) is 4.18. The zero-order valence-corrected chi connectivity index (χ0v) is 15.4. The Morgan fingerprint density at radius 3 is 2.46 bits per heavy atom. The summed E-state index contributed by atoms with van der Waals surface area (Å²) in [5, 5.41) is 13.0. The summed E-state index contributed by atoms with van der Waals surface area (Å²) in [5.74, 6) is -0.144. The van der Waals surface area contributed by atoms with Crippen molar-refractivity contribution in [2.45, 2.75) is 51.6 Å². The Balaban J connectivity index is 1.95. The fraction of sp³-hybridized carbons (Fsp3) is 0.579. The van der Waals surface area contributed by atoms with E-state index in [9.17, 15) is 14.7 Å². The molecule has 1 saturated carbocycles. The number of benzene rings is 1. The minimum atomic E-state index is -1.47. The molecule has 0 aromatic heterocycles. The predicted octanol–water partition coefficient (Wildman–Crippen LogP) is 2.66. The minimum absolute atomic E-state index is 0.373. The normalized spacial score (nSPS) is 15.8. The van der Waals surface area contributed by atoms with Gasteiger partial charge in [0.05, 0.1) is 18.9 Å². The first kappa shape index (κ1) is 20.0. The van der Waals surface area contributed by atoms with Crippen molar-refractivity contribution in [1.29, 1.82) is 0 Å². The number of hydrogen-bond acceptors (Lipinski definition) is 6. The molecular weight excluding hydrogens is 338 g/mol. The molecule has 1 aromatic rings. The first-order chi connectivity index (χ1) is 12.5. The fourth-order valence-electron chi connectivity index (χ4n) is 2.94. The van der Waals surface area contributed by atoms with E-state index in [4.69, 9.17) is 14.2 Å². The zero-order valence-electron chi connectivity index (χ0n) is 15.4. The van der Waals surface area contributed by atoms with Gasteiger partial charge in [-0.15, -0.1) is 0 Å². The van der Waals surface area contributed by atoms with Crippen molar-refractivity contribution in [3.8, 4) is 11.5 Å². The van der Waals surface area contributed by atoms with Crippen LogP contribution in [-0.2, 0) is 14.3 Å². The molecule has 7 heteroatoms. The van der Waals surface area contributed by atoms with Gasteiger partial charge in [0, 0.05) is 6.07 Å². The molecule has 7 nitrogen and oxygen atoms in total. The van der Waals surface area contributed by atoms with Crippen molar-refractivity contribution >= 4 is 17.6 Å². The van der Waals surface area contributed by atoms with Crippen molar-refractivity contribution in [2.24, 2.45) is 0 Å². The van der Waals surface area contributed by atoms with Gasteiger partial charge in [0.2, 0.25) is 0 Å². The maximum atomic E-state index is 12.2. The van der Waals surface area contributed by atoms with Crippen LogP contribution in [0.4, 0.5) is 5.69 Å². The molecule has 1 aliphatic rings. The number of anilines is 1. The van der Waals surface area contributed by atoms with Crippen LogP contribution in [0.25, 0.3) is 0 Å². The summed E-state index contributed by atoms with van der Waals surface area (Å²) < 4.78 is 15.9. The van der Waals surface area contributed by atoms with Crippen molar-refractivity contribution in [2.75, 3.05) is 25.1 Å². The second kappa shape index (κ2) is 9.43. The number of esters is 1. The van der Waals surface area contributed by atoms with E-state index in [1.165, 1.54) is 0 Å². The molecule has 0 atom stereocenters. The molecule has 1 aromatic carbocycles. The molecule has 0 saturated heterocycles. The van der Waals surface area contributed by atoms with Gasteiger partial charge in [-0.05, 0) is 51.7 Å². The molecule has 2 N–H and O–H groups in total. The number of rotatable bonds is 8. The first-order valence-corrected chi connectivity index (χ1v) is 9.07. The Morgan fingerprint density at radius 2 is 1.81 bits per heavy atom. The summed E-state index contributed by atoms with van der Waals surface area (Å²) in [5.41, 5.74) is -1.03. The molecule has 0 unspecified atom stereocenters. The molecule has 0 aliphatic heterocycles. The molecule has 1 aliphatic carbocycles. The standard InChI is InChI=1S/C19H27NO6/c1-3-24-14-8-9-16(25-4-2)15(12-14)20-17(21)13-26-18(22)19(23)10-6-5-7-11-19/h8-9,12,23H,3-7,10-11,13H2,1-2H3,(H,20,21). The average molecular weight is 365 g/mol. The number of ether oxygens (including phenoxy) is 3. The SMILES string of the molecule is CCOc1ccc(OCC)c(NC(=O)COC(=O)C2(O)CCCCC2)c1. The molecule has 26 heavy (non-hydrogen) atoms. The van der Waals surface area contributed by atoms with Gasteiger partial charge in [-0.25, -0.2) is 4.79 Å². The van der Waals surface area contributed by atoms with Gasteiger partial charge < -0.3 is 24.6 Å². The number of hydrogen-bond donors (Lipinski definition) is 2. The van der Waals surface area contributed by atoms with Crippen LogP contribution >= 0.6 is 0 Å². The molecule has 0 radical (unpaired) electrons. The van der Waals surface area contributed by atoms with Gasteiger partial charge in [-0.1, -0.05) is 6.42 Å². The summed E-state index contributed by atoms with van der Waals surface area (Å²) in [7, 11) is 0. The Hall–Kier alpha value is -2.28. The van der Waals surface area contributed by atoms with Crippen LogP contribution in [-0.4, -0.2) is 42.4 Å². The summed E-state index contributed by atoms with van der Waals surface area (Å²) >= 11 is 0. The van der Waals surface area contributed by atoms with Crippen LogP contribution in [0.2, 0.25) is 0 Å². The molecule has 0 bridgehead atoms. The second-order valence-corrected chi connectivity index (χ2v) is 6.24. The van der Waals surface area contributed by atoms with Crippen LogP contribution in [0.15, 0.2) is 18.2 Å². The van der Waals surface area contributed by atoms with E-state index in [1.807, 2.05) is 13.8 Å². The van der Waals surface area contributed by atoms with Crippen LogP contribution in [0.3, 0.4) is 0 Å². The van der Waals surface area contributed by atoms with Crippen LogP contribution in [0, 0.1) is 0 Å². The minimum Gasteiger partial charge on any atom is -0.494 e. The summed E-state index contributed by atoms with van der Waals surface area (Å²) in [6.07, 6.45) is 3.29. The highest BCUT2D eigenvalue weighted by molar-refractivity contribution is 5.94. The lowest BCUT2D eigenvalue weighted by molar-refractivity contribution is -0.170. The molecular formula is C19H27NO6. The number of aliphatic hydroxyl groups is 1. The number of amides is 1. The van der Waals surface area contributed by atoms with Crippen LogP contribution in [0.5, 0.6) is 11.5 Å². The Morgan fingerprint density at radius 1 is 1.12 bits per heavy atom. The van der Waals surface area contributed by atoms with E-state index in [0.29, 0.717) is 43.2 Å². The molecule has 0 spiro atoms. The van der Waals surface area contributed by atoms with Crippen molar-refractivity contribution in [3.05, 3.63) is 18.2 Å². The van der Waals surface area contributed by atoms with Crippen LogP contribution < -0.4 is 14.8 Å². The first-order valence-electron chi connectivity index (χ1n) is 9.07. The second-order valence-electron chi connectivity index (χ2n) is 6.24. The number of carbonyl (C=O) groups is 2. The van der Waals surface area contributed by atoms with E-state index < -0.39 is 24.1 Å². The third-order valence-electron chi connectivity index (χ3n) is 4.23. The molecule has 144 valence electrons. The van der Waals surface area contributed by atoms with Crippen molar-refractivity contribution in [3.63, 3.8) is 0 Å². The number of nitrogens with one attached hydrogen (secondary N) is 1. The lowest BCUT2D eigenvalue weighted by Crippen LogP contribution is -2.42. The topological polar surface area (TPSA) is 94.1 Å². The monoisotopic (exact) mass is 365 g/mol. The van der Waals surface area contributed by atoms with E-state index in [-0.39, 0.29) is 0 Å². The lowest BCUT2D eigenvalue weighted by atomic mass is 9.85.